The normalized spacial score (nSPS) is 20.0. The van der Waals surface area contributed by atoms with E-state index < -0.39 is 11.7 Å². The molecule has 2 unspecified atom stereocenters. The molecule has 0 spiro atoms. The second-order valence-corrected chi connectivity index (χ2v) is 16.2. The van der Waals surface area contributed by atoms with Crippen LogP contribution in [0.2, 0.25) is 0 Å². The Morgan fingerprint density at radius 2 is 1.47 bits per heavy atom. The molecule has 0 N–H and O–H groups in total. The molecule has 2 aliphatic carbocycles. The molecule has 7 heteroatoms. The third kappa shape index (κ3) is 8.81. The summed E-state index contributed by atoms with van der Waals surface area (Å²) in [4.78, 5) is 22.4. The summed E-state index contributed by atoms with van der Waals surface area (Å²) in [5, 5.41) is 0. The lowest BCUT2D eigenvalue weighted by atomic mass is 9.62. The fourth-order valence-electron chi connectivity index (χ4n) is 8.79. The van der Waals surface area contributed by atoms with Crippen LogP contribution in [0.5, 0.6) is 17.2 Å². The van der Waals surface area contributed by atoms with E-state index in [0.717, 1.165) is 68.4 Å². The Morgan fingerprint density at radius 1 is 0.727 bits per heavy atom. The summed E-state index contributed by atoms with van der Waals surface area (Å²) in [7, 11) is 0. The Kier molecular flexibility index (Phi) is 12.9. The predicted molar refractivity (Wildman–Crippen MR) is 216 cm³/mol. The van der Waals surface area contributed by atoms with Crippen LogP contribution in [0, 0.1) is 5.41 Å². The maximum Gasteiger partial charge on any atom is 0.212 e. The number of rotatable bonds is 17. The number of hydrogen-bond acceptors (Lipinski definition) is 7. The average Bonchev–Trinajstić information content (AvgIpc) is 3.38. The lowest BCUT2D eigenvalue weighted by Gasteiger charge is -2.49. The summed E-state index contributed by atoms with van der Waals surface area (Å²) in [6, 6.07) is 31.7. The summed E-state index contributed by atoms with van der Waals surface area (Å²) in [5.74, 6) is 2.43. The molecular weight excluding hydrogens is 689 g/mol. The first-order chi connectivity index (χ1) is 26.9. The first kappa shape index (κ1) is 39.1. The van der Waals surface area contributed by atoms with Crippen molar-refractivity contribution in [3.63, 3.8) is 0 Å². The predicted octanol–water partition coefficient (Wildman–Crippen LogP) is 10.8. The van der Waals surface area contributed by atoms with Gasteiger partial charge in [0.1, 0.15) is 24.7 Å². The lowest BCUT2D eigenvalue weighted by Crippen LogP contribution is -2.57. The third-order valence-corrected chi connectivity index (χ3v) is 11.8. The summed E-state index contributed by atoms with van der Waals surface area (Å²) in [5.41, 5.74) is 7.00. The Morgan fingerprint density at radius 3 is 2.27 bits per heavy atom. The lowest BCUT2D eigenvalue weighted by molar-refractivity contribution is -0.286. The molecule has 1 heterocycles. The number of benzene rings is 4. The summed E-state index contributed by atoms with van der Waals surface area (Å²) in [6.45, 7) is 12.2. The Labute approximate surface area is 327 Å². The molecule has 0 saturated carbocycles. The first-order valence-corrected chi connectivity index (χ1v) is 20.4. The van der Waals surface area contributed by atoms with Gasteiger partial charge in [0.15, 0.2) is 5.75 Å². The molecule has 7 rings (SSSR count). The zero-order valence-corrected chi connectivity index (χ0v) is 32.9. The minimum atomic E-state index is -0.749. The van der Waals surface area contributed by atoms with Crippen molar-refractivity contribution in [3.8, 4) is 17.2 Å². The van der Waals surface area contributed by atoms with Crippen molar-refractivity contribution >= 4 is 0 Å². The second-order valence-electron chi connectivity index (χ2n) is 16.2. The van der Waals surface area contributed by atoms with Gasteiger partial charge in [-0.15, -0.1) is 6.58 Å². The Bertz CT molecular complexity index is 1830. The van der Waals surface area contributed by atoms with E-state index in [-0.39, 0.29) is 24.0 Å². The highest BCUT2D eigenvalue weighted by molar-refractivity contribution is 5.55. The van der Waals surface area contributed by atoms with E-state index >= 15 is 0 Å². The maximum absolute atomic E-state index is 7.41. The molecule has 0 saturated heterocycles. The standard InChI is InChI=1S/C48H58O7/c1-5-31-50-51-33-16-7-6-15-32-49-38-25-27-39(28-26-38)55-52-34-48(47(2,3)4,37-19-9-8-10-20-37)46-53-42-29-23-35-17-11-13-21-40(35)44(42)45-41-22-14-12-18-36(41)24-30-43(45)54-46/h5,8-11,13,17,19-21,24-28,30,42,44,46H,1,6-7,12,14-16,18,22-23,29,31-34H2,2-4H3/t42?,44-,46?,48-/m0/s1. The van der Waals surface area contributed by atoms with Crippen molar-refractivity contribution in [2.75, 3.05) is 26.4 Å². The number of unbranched alkanes of at least 4 members (excludes halogenated alkanes) is 3. The molecule has 55 heavy (non-hydrogen) atoms. The Hall–Kier alpha value is -4.14. The van der Waals surface area contributed by atoms with Crippen LogP contribution >= 0.6 is 0 Å². The quantitative estimate of drug-likeness (QED) is 0.0461. The highest BCUT2D eigenvalue weighted by Crippen LogP contribution is 2.53. The molecule has 4 atom stereocenters. The average molecular weight is 747 g/mol. The van der Waals surface area contributed by atoms with Gasteiger partial charge in [0, 0.05) is 11.5 Å². The van der Waals surface area contributed by atoms with Gasteiger partial charge in [-0.1, -0.05) is 93.9 Å². The van der Waals surface area contributed by atoms with E-state index in [9.17, 15) is 0 Å². The smallest absolute Gasteiger partial charge is 0.212 e. The van der Waals surface area contributed by atoms with E-state index in [1.807, 2.05) is 24.3 Å². The van der Waals surface area contributed by atoms with Gasteiger partial charge < -0.3 is 19.1 Å². The van der Waals surface area contributed by atoms with Crippen LogP contribution in [0.1, 0.15) is 105 Å². The molecule has 7 nitrogen and oxygen atoms in total. The molecule has 0 aromatic heterocycles. The van der Waals surface area contributed by atoms with Crippen molar-refractivity contribution in [2.24, 2.45) is 5.41 Å². The first-order valence-electron chi connectivity index (χ1n) is 20.4. The maximum atomic E-state index is 7.41. The molecule has 0 radical (unpaired) electrons. The largest absolute Gasteiger partial charge is 0.494 e. The van der Waals surface area contributed by atoms with Gasteiger partial charge in [0.25, 0.3) is 0 Å². The fourth-order valence-corrected chi connectivity index (χ4v) is 8.79. The Balaban J connectivity index is 1.09. The van der Waals surface area contributed by atoms with Gasteiger partial charge in [-0.25, -0.2) is 9.78 Å². The van der Waals surface area contributed by atoms with Crippen LogP contribution in [0.25, 0.3) is 0 Å². The number of aryl methyl sites for hydroxylation is 2. The van der Waals surface area contributed by atoms with Gasteiger partial charge in [-0.3, -0.25) is 0 Å². The van der Waals surface area contributed by atoms with Crippen LogP contribution in [-0.2, 0) is 44.1 Å². The van der Waals surface area contributed by atoms with E-state index in [1.165, 1.54) is 40.7 Å². The minimum absolute atomic E-state index is 0.0514. The monoisotopic (exact) mass is 746 g/mol. The van der Waals surface area contributed by atoms with Gasteiger partial charge in [-0.05, 0) is 121 Å². The molecule has 292 valence electrons. The van der Waals surface area contributed by atoms with Crippen LogP contribution in [0.3, 0.4) is 0 Å². The molecule has 3 aliphatic rings. The highest BCUT2D eigenvalue weighted by atomic mass is 17.2. The molecule has 0 amide bonds. The molecule has 0 fully saturated rings. The van der Waals surface area contributed by atoms with Crippen LogP contribution in [0.15, 0.2) is 104 Å². The fraction of sp³-hybridized carbons (Fsp3) is 0.458. The molecule has 4 aromatic carbocycles. The van der Waals surface area contributed by atoms with Crippen molar-refractivity contribution in [2.45, 2.75) is 109 Å². The zero-order valence-electron chi connectivity index (χ0n) is 32.9. The number of fused-ring (bicyclic) bond motifs is 7. The van der Waals surface area contributed by atoms with Gasteiger partial charge in [-0.2, -0.15) is 4.89 Å². The minimum Gasteiger partial charge on any atom is -0.494 e. The van der Waals surface area contributed by atoms with Gasteiger partial charge in [0.2, 0.25) is 6.29 Å². The van der Waals surface area contributed by atoms with Crippen molar-refractivity contribution in [1.82, 2.24) is 0 Å². The van der Waals surface area contributed by atoms with Crippen molar-refractivity contribution in [1.29, 1.82) is 0 Å². The SMILES string of the molecule is C=CCOOCCCCCCOc1ccc(OOC[C@](c2ccccc2)(C2Oc3ccc4c(c3[C@H]3c5ccccc5CCC3O2)CCCC4)C(C)(C)C)cc1. The van der Waals surface area contributed by atoms with E-state index in [0.29, 0.717) is 25.6 Å². The number of ether oxygens (including phenoxy) is 3. The van der Waals surface area contributed by atoms with Crippen molar-refractivity contribution in [3.05, 3.63) is 137 Å². The number of hydrogen-bond donors (Lipinski definition) is 0. The topological polar surface area (TPSA) is 64.6 Å². The van der Waals surface area contributed by atoms with Crippen LogP contribution < -0.4 is 14.4 Å². The molecule has 1 aliphatic heterocycles. The summed E-state index contributed by atoms with van der Waals surface area (Å²) >= 11 is 0. The second kappa shape index (κ2) is 18.2. The molecule has 0 bridgehead atoms. The molecular formula is C48H58O7. The van der Waals surface area contributed by atoms with Crippen LogP contribution in [-0.4, -0.2) is 38.8 Å². The third-order valence-electron chi connectivity index (χ3n) is 11.8. The van der Waals surface area contributed by atoms with E-state index in [1.54, 1.807) is 6.08 Å². The van der Waals surface area contributed by atoms with Gasteiger partial charge in [0.05, 0.1) is 24.7 Å². The summed E-state index contributed by atoms with van der Waals surface area (Å²) < 4.78 is 20.7. The zero-order chi connectivity index (χ0) is 38.1. The van der Waals surface area contributed by atoms with E-state index in [4.69, 9.17) is 33.8 Å². The summed E-state index contributed by atoms with van der Waals surface area (Å²) in [6.07, 6.45) is 11.5. The van der Waals surface area contributed by atoms with Crippen LogP contribution in [0.4, 0.5) is 0 Å². The molecule has 4 aromatic rings. The van der Waals surface area contributed by atoms with Crippen molar-refractivity contribution < 1.29 is 33.8 Å². The van der Waals surface area contributed by atoms with E-state index in [2.05, 4.69) is 94.1 Å². The highest BCUT2D eigenvalue weighted by Gasteiger charge is 2.56. The van der Waals surface area contributed by atoms with Gasteiger partial charge >= 0.3 is 0 Å².